The second-order valence-corrected chi connectivity index (χ2v) is 8.42. The maximum Gasteiger partial charge on any atom is 0.339 e. The van der Waals surface area contributed by atoms with E-state index in [2.05, 4.69) is 17.2 Å². The second kappa shape index (κ2) is 11.0. The van der Waals surface area contributed by atoms with Crippen LogP contribution >= 0.6 is 0 Å². The summed E-state index contributed by atoms with van der Waals surface area (Å²) in [4.78, 5) is 35.4. The van der Waals surface area contributed by atoms with E-state index in [0.29, 0.717) is 17.8 Å². The lowest BCUT2D eigenvalue weighted by Crippen LogP contribution is -2.34. The molecule has 35 heavy (non-hydrogen) atoms. The van der Waals surface area contributed by atoms with Gasteiger partial charge < -0.3 is 14.6 Å². The van der Waals surface area contributed by atoms with Crippen LogP contribution < -0.4 is 5.32 Å². The molecule has 1 N–H and O–H groups in total. The summed E-state index contributed by atoms with van der Waals surface area (Å²) in [5.74, 6) is -0.227. The number of rotatable bonds is 9. The van der Waals surface area contributed by atoms with Crippen molar-refractivity contribution in [3.8, 4) is 0 Å². The van der Waals surface area contributed by atoms with E-state index in [1.54, 1.807) is 6.20 Å². The number of esters is 1. The third-order valence-corrected chi connectivity index (χ3v) is 6.01. The zero-order valence-electron chi connectivity index (χ0n) is 20.3. The van der Waals surface area contributed by atoms with Crippen molar-refractivity contribution >= 4 is 22.8 Å². The van der Waals surface area contributed by atoms with Gasteiger partial charge in [0.1, 0.15) is 11.9 Å². The van der Waals surface area contributed by atoms with Crippen LogP contribution in [-0.4, -0.2) is 33.0 Å². The Morgan fingerprint density at radius 2 is 1.80 bits per heavy atom. The smallest absolute Gasteiger partial charge is 0.339 e. The standard InChI is InChI=1S/C28H30N4O3/c1-4-11-22-20(5-2)25(21-14-9-10-15-23(21)30-22)28(34)35-18-24(33)31-26(19-12-7-6-8-13-19)27-29-16-17-32(27)3/h6-10,12-17,26H,4-5,11,18H2,1-3H3,(H,31,33)/t26-/m1/s1. The molecule has 7 heteroatoms. The largest absolute Gasteiger partial charge is 0.452 e. The summed E-state index contributed by atoms with van der Waals surface area (Å²) >= 11 is 0. The number of fused-ring (bicyclic) bond motifs is 1. The molecular formula is C28H30N4O3. The summed E-state index contributed by atoms with van der Waals surface area (Å²) in [6.07, 6.45) is 5.86. The molecular weight excluding hydrogens is 440 g/mol. The molecule has 0 saturated heterocycles. The predicted octanol–water partition coefficient (Wildman–Crippen LogP) is 4.55. The quantitative estimate of drug-likeness (QED) is 0.363. The van der Waals surface area contributed by atoms with Crippen molar-refractivity contribution < 1.29 is 14.3 Å². The van der Waals surface area contributed by atoms with Gasteiger partial charge in [0.05, 0.1) is 11.1 Å². The average Bonchev–Trinajstić information content (AvgIpc) is 3.31. The van der Waals surface area contributed by atoms with Crippen LogP contribution in [0.1, 0.15) is 59.3 Å². The van der Waals surface area contributed by atoms with E-state index >= 15 is 0 Å². The molecule has 0 radical (unpaired) electrons. The number of aromatic nitrogens is 3. The lowest BCUT2D eigenvalue weighted by atomic mass is 9.96. The SMILES string of the molecule is CCCc1nc2ccccc2c(C(=O)OCC(=O)N[C@H](c2ccccc2)c2nccn2C)c1CC. The molecule has 4 rings (SSSR count). The fourth-order valence-electron chi connectivity index (χ4n) is 4.36. The number of hydrogen-bond donors (Lipinski definition) is 1. The Bertz CT molecular complexity index is 1330. The summed E-state index contributed by atoms with van der Waals surface area (Å²) in [7, 11) is 1.87. The molecule has 0 bridgehead atoms. The van der Waals surface area contributed by atoms with Crippen molar-refractivity contribution in [2.75, 3.05) is 6.61 Å². The molecule has 4 aromatic rings. The second-order valence-electron chi connectivity index (χ2n) is 8.42. The van der Waals surface area contributed by atoms with Crippen LogP contribution in [0.15, 0.2) is 67.0 Å². The Labute approximate surface area is 205 Å². The molecule has 0 aliphatic rings. The van der Waals surface area contributed by atoms with Gasteiger partial charge in [0, 0.05) is 30.5 Å². The highest BCUT2D eigenvalue weighted by molar-refractivity contribution is 6.05. The Kier molecular flexibility index (Phi) is 7.55. The molecule has 180 valence electrons. The van der Waals surface area contributed by atoms with E-state index in [0.717, 1.165) is 40.6 Å². The number of para-hydroxylation sites is 1. The van der Waals surface area contributed by atoms with Gasteiger partial charge in [0.2, 0.25) is 0 Å². The van der Waals surface area contributed by atoms with E-state index in [1.165, 1.54) is 0 Å². The highest BCUT2D eigenvalue weighted by atomic mass is 16.5. The van der Waals surface area contributed by atoms with Crippen molar-refractivity contribution in [2.45, 2.75) is 39.2 Å². The fourth-order valence-corrected chi connectivity index (χ4v) is 4.36. The number of benzene rings is 2. The Morgan fingerprint density at radius 3 is 2.49 bits per heavy atom. The highest BCUT2D eigenvalue weighted by Gasteiger charge is 2.24. The lowest BCUT2D eigenvalue weighted by Gasteiger charge is -2.19. The lowest BCUT2D eigenvalue weighted by molar-refractivity contribution is -0.124. The van der Waals surface area contributed by atoms with E-state index < -0.39 is 24.5 Å². The number of nitrogens with one attached hydrogen (secondary N) is 1. The van der Waals surface area contributed by atoms with Gasteiger partial charge in [0.25, 0.3) is 5.91 Å². The zero-order valence-corrected chi connectivity index (χ0v) is 20.3. The van der Waals surface area contributed by atoms with E-state index in [9.17, 15) is 9.59 Å². The summed E-state index contributed by atoms with van der Waals surface area (Å²) in [6, 6.07) is 16.7. The zero-order chi connectivity index (χ0) is 24.8. The minimum Gasteiger partial charge on any atom is -0.452 e. The molecule has 2 heterocycles. The number of pyridine rings is 1. The van der Waals surface area contributed by atoms with Crippen molar-refractivity contribution in [2.24, 2.45) is 7.05 Å². The first kappa shape index (κ1) is 24.1. The first-order valence-corrected chi connectivity index (χ1v) is 11.9. The van der Waals surface area contributed by atoms with Gasteiger partial charge in [-0.15, -0.1) is 0 Å². The number of carbonyl (C=O) groups excluding carboxylic acids is 2. The average molecular weight is 471 g/mol. The first-order valence-electron chi connectivity index (χ1n) is 11.9. The number of imidazole rings is 1. The molecule has 2 aromatic carbocycles. The molecule has 0 fully saturated rings. The summed E-state index contributed by atoms with van der Waals surface area (Å²) < 4.78 is 7.41. The number of hydrogen-bond acceptors (Lipinski definition) is 5. The van der Waals surface area contributed by atoms with Crippen LogP contribution in [0, 0.1) is 0 Å². The van der Waals surface area contributed by atoms with Crippen LogP contribution in [0.25, 0.3) is 10.9 Å². The van der Waals surface area contributed by atoms with Gasteiger partial charge in [-0.3, -0.25) is 9.78 Å². The molecule has 0 saturated carbocycles. The summed E-state index contributed by atoms with van der Waals surface area (Å²) in [6.45, 7) is 3.70. The number of amides is 1. The van der Waals surface area contributed by atoms with Gasteiger partial charge in [-0.05, 0) is 30.0 Å². The summed E-state index contributed by atoms with van der Waals surface area (Å²) in [5.41, 5.74) is 3.93. The molecule has 0 aliphatic heterocycles. The van der Waals surface area contributed by atoms with Gasteiger partial charge in [-0.2, -0.15) is 0 Å². The number of nitrogens with zero attached hydrogens (tertiary/aromatic N) is 3. The fraction of sp³-hybridized carbons (Fsp3) is 0.286. The Hall–Kier alpha value is -4.00. The molecule has 2 aromatic heterocycles. The third-order valence-electron chi connectivity index (χ3n) is 6.01. The van der Waals surface area contributed by atoms with Gasteiger partial charge in [-0.1, -0.05) is 68.8 Å². The minimum absolute atomic E-state index is 0.393. The van der Waals surface area contributed by atoms with Crippen LogP contribution in [0.5, 0.6) is 0 Å². The Morgan fingerprint density at radius 1 is 1.06 bits per heavy atom. The number of aryl methyl sites for hydroxylation is 2. The molecule has 1 atom stereocenters. The van der Waals surface area contributed by atoms with Crippen LogP contribution in [0.3, 0.4) is 0 Å². The molecule has 0 spiro atoms. The highest BCUT2D eigenvalue weighted by Crippen LogP contribution is 2.26. The summed E-state index contributed by atoms with van der Waals surface area (Å²) in [5, 5.41) is 3.71. The van der Waals surface area contributed by atoms with Crippen molar-refractivity contribution in [3.05, 3.63) is 95.2 Å². The van der Waals surface area contributed by atoms with Crippen molar-refractivity contribution in [1.82, 2.24) is 19.9 Å². The molecule has 1 amide bonds. The molecule has 7 nitrogen and oxygen atoms in total. The molecule has 0 aliphatic carbocycles. The maximum absolute atomic E-state index is 13.3. The van der Waals surface area contributed by atoms with E-state index in [-0.39, 0.29) is 0 Å². The van der Waals surface area contributed by atoms with Gasteiger partial charge >= 0.3 is 5.97 Å². The Balaban J connectivity index is 1.56. The molecule has 0 unspecified atom stereocenters. The van der Waals surface area contributed by atoms with Crippen molar-refractivity contribution in [1.29, 1.82) is 0 Å². The van der Waals surface area contributed by atoms with Crippen LogP contribution in [0.2, 0.25) is 0 Å². The number of ether oxygens (including phenoxy) is 1. The van der Waals surface area contributed by atoms with Crippen molar-refractivity contribution in [3.63, 3.8) is 0 Å². The normalized spacial score (nSPS) is 11.9. The maximum atomic E-state index is 13.3. The number of carbonyl (C=O) groups is 2. The van der Waals surface area contributed by atoms with Crippen LogP contribution in [-0.2, 0) is 29.4 Å². The van der Waals surface area contributed by atoms with Crippen LogP contribution in [0.4, 0.5) is 0 Å². The topological polar surface area (TPSA) is 86.1 Å². The first-order chi connectivity index (χ1) is 17.0. The monoisotopic (exact) mass is 470 g/mol. The minimum atomic E-state index is -0.513. The predicted molar refractivity (Wildman–Crippen MR) is 135 cm³/mol. The van der Waals surface area contributed by atoms with E-state index in [1.807, 2.05) is 79.3 Å². The van der Waals surface area contributed by atoms with E-state index in [4.69, 9.17) is 9.72 Å². The third kappa shape index (κ3) is 5.24. The van der Waals surface area contributed by atoms with Gasteiger partial charge in [0.15, 0.2) is 6.61 Å². The van der Waals surface area contributed by atoms with Gasteiger partial charge in [-0.25, -0.2) is 9.78 Å².